The number of hydrogen-bond donors (Lipinski definition) is 0. The average Bonchev–Trinajstić information content (AvgIpc) is 2.73. The zero-order chi connectivity index (χ0) is 10.1. The van der Waals surface area contributed by atoms with Crippen LogP contribution in [0.25, 0.3) is 0 Å². The molecule has 14 heavy (non-hydrogen) atoms. The largest absolute Gasteiger partial charge is 0.113 e. The Morgan fingerprint density at radius 3 is 1.71 bits per heavy atom. The van der Waals surface area contributed by atoms with Crippen LogP contribution in [0.3, 0.4) is 0 Å². The SMILES string of the molecule is CC1=C(C(Cl)C2=C(C)C=CC2)CC=C1. The predicted octanol–water partition coefficient (Wildman–Crippen LogP) is 4.15. The summed E-state index contributed by atoms with van der Waals surface area (Å²) < 4.78 is 0. The van der Waals surface area contributed by atoms with E-state index in [0.29, 0.717) is 0 Å². The molecule has 0 bridgehead atoms. The van der Waals surface area contributed by atoms with E-state index in [-0.39, 0.29) is 5.38 Å². The molecule has 0 fully saturated rings. The summed E-state index contributed by atoms with van der Waals surface area (Å²) in [5.41, 5.74) is 5.45. The third-order valence-electron chi connectivity index (χ3n) is 3.04. The molecule has 0 N–H and O–H groups in total. The van der Waals surface area contributed by atoms with Gasteiger partial charge in [0.1, 0.15) is 0 Å². The summed E-state index contributed by atoms with van der Waals surface area (Å²) in [5.74, 6) is 0. The topological polar surface area (TPSA) is 0 Å². The molecule has 2 aliphatic carbocycles. The van der Waals surface area contributed by atoms with E-state index in [2.05, 4.69) is 38.2 Å². The van der Waals surface area contributed by atoms with Gasteiger partial charge in [-0.1, -0.05) is 35.5 Å². The third-order valence-corrected chi connectivity index (χ3v) is 3.56. The maximum Gasteiger partial charge on any atom is 0.0772 e. The van der Waals surface area contributed by atoms with Crippen molar-refractivity contribution < 1.29 is 0 Å². The van der Waals surface area contributed by atoms with Crippen LogP contribution < -0.4 is 0 Å². The highest BCUT2D eigenvalue weighted by Crippen LogP contribution is 2.34. The van der Waals surface area contributed by atoms with E-state index in [1.165, 1.54) is 22.3 Å². The van der Waals surface area contributed by atoms with E-state index in [1.807, 2.05) is 0 Å². The summed E-state index contributed by atoms with van der Waals surface area (Å²) in [7, 11) is 0. The van der Waals surface area contributed by atoms with Crippen LogP contribution >= 0.6 is 11.6 Å². The molecule has 2 rings (SSSR count). The van der Waals surface area contributed by atoms with E-state index in [4.69, 9.17) is 11.6 Å². The van der Waals surface area contributed by atoms with Crippen molar-refractivity contribution in [3.05, 3.63) is 46.6 Å². The van der Waals surface area contributed by atoms with Gasteiger partial charge < -0.3 is 0 Å². The molecule has 0 radical (unpaired) electrons. The molecule has 74 valence electrons. The minimum Gasteiger partial charge on any atom is -0.113 e. The van der Waals surface area contributed by atoms with Crippen molar-refractivity contribution in [2.75, 3.05) is 0 Å². The van der Waals surface area contributed by atoms with Gasteiger partial charge >= 0.3 is 0 Å². The van der Waals surface area contributed by atoms with E-state index in [0.717, 1.165) is 12.8 Å². The molecule has 0 amide bonds. The lowest BCUT2D eigenvalue weighted by atomic mass is 9.98. The van der Waals surface area contributed by atoms with Gasteiger partial charge in [-0.25, -0.2) is 0 Å². The Labute approximate surface area is 90.7 Å². The third kappa shape index (κ3) is 1.59. The van der Waals surface area contributed by atoms with Crippen LogP contribution in [-0.2, 0) is 0 Å². The first-order valence-electron chi connectivity index (χ1n) is 5.06. The second-order valence-corrected chi connectivity index (χ2v) is 4.43. The molecule has 0 aromatic rings. The van der Waals surface area contributed by atoms with Crippen LogP contribution in [0.2, 0.25) is 0 Å². The average molecular weight is 207 g/mol. The van der Waals surface area contributed by atoms with Gasteiger partial charge in [0.15, 0.2) is 0 Å². The molecule has 0 unspecified atom stereocenters. The summed E-state index contributed by atoms with van der Waals surface area (Å²) >= 11 is 6.49. The Bertz CT molecular complexity index is 331. The quantitative estimate of drug-likeness (QED) is 0.596. The number of rotatable bonds is 2. The Morgan fingerprint density at radius 2 is 1.43 bits per heavy atom. The van der Waals surface area contributed by atoms with Crippen molar-refractivity contribution in [1.29, 1.82) is 0 Å². The van der Waals surface area contributed by atoms with Crippen molar-refractivity contribution in [2.45, 2.75) is 32.1 Å². The smallest absolute Gasteiger partial charge is 0.0772 e. The van der Waals surface area contributed by atoms with Crippen molar-refractivity contribution >= 4 is 11.6 Å². The first-order valence-corrected chi connectivity index (χ1v) is 5.50. The monoisotopic (exact) mass is 206 g/mol. The van der Waals surface area contributed by atoms with Gasteiger partial charge in [0.2, 0.25) is 0 Å². The fourth-order valence-electron chi connectivity index (χ4n) is 2.08. The molecule has 1 heteroatoms. The molecule has 0 saturated carbocycles. The van der Waals surface area contributed by atoms with Gasteiger partial charge in [0.05, 0.1) is 5.38 Å². The van der Waals surface area contributed by atoms with Gasteiger partial charge in [-0.15, -0.1) is 11.6 Å². The Morgan fingerprint density at radius 1 is 1.00 bits per heavy atom. The second kappa shape index (κ2) is 3.78. The summed E-state index contributed by atoms with van der Waals surface area (Å²) in [6.45, 7) is 4.29. The highest BCUT2D eigenvalue weighted by atomic mass is 35.5. The second-order valence-electron chi connectivity index (χ2n) is 3.99. The van der Waals surface area contributed by atoms with E-state index >= 15 is 0 Å². The highest BCUT2D eigenvalue weighted by molar-refractivity contribution is 6.24. The van der Waals surface area contributed by atoms with Crippen LogP contribution in [0.15, 0.2) is 46.6 Å². The van der Waals surface area contributed by atoms with Gasteiger partial charge in [0, 0.05) is 0 Å². The van der Waals surface area contributed by atoms with E-state index < -0.39 is 0 Å². The molecule has 0 atom stereocenters. The Kier molecular flexibility index (Phi) is 2.64. The molecular formula is C13H15Cl. The lowest BCUT2D eigenvalue weighted by Gasteiger charge is -2.15. The van der Waals surface area contributed by atoms with Crippen LogP contribution in [0.5, 0.6) is 0 Å². The Balaban J connectivity index is 2.22. The lowest BCUT2D eigenvalue weighted by Crippen LogP contribution is -2.06. The van der Waals surface area contributed by atoms with Crippen molar-refractivity contribution in [3.63, 3.8) is 0 Å². The van der Waals surface area contributed by atoms with Gasteiger partial charge in [0.25, 0.3) is 0 Å². The first kappa shape index (κ1) is 9.79. The summed E-state index contributed by atoms with van der Waals surface area (Å²) in [6.07, 6.45) is 10.8. The molecule has 0 saturated heterocycles. The molecule has 2 aliphatic rings. The maximum atomic E-state index is 6.49. The van der Waals surface area contributed by atoms with E-state index in [1.54, 1.807) is 0 Å². The van der Waals surface area contributed by atoms with Gasteiger partial charge in [-0.3, -0.25) is 0 Å². The molecular weight excluding hydrogens is 192 g/mol. The first-order chi connectivity index (χ1) is 6.70. The number of allylic oxidation sites excluding steroid dienone is 8. The standard InChI is InChI=1S/C13H15Cl/c1-9-5-3-7-11(9)13(14)12-8-4-6-10(12)2/h3-6,13H,7-8H2,1-2H3. The molecule has 0 aromatic carbocycles. The van der Waals surface area contributed by atoms with Crippen molar-refractivity contribution in [1.82, 2.24) is 0 Å². The highest BCUT2D eigenvalue weighted by Gasteiger charge is 2.21. The summed E-state index contributed by atoms with van der Waals surface area (Å²) in [5, 5.41) is 0.111. The van der Waals surface area contributed by atoms with E-state index in [9.17, 15) is 0 Å². The van der Waals surface area contributed by atoms with Crippen molar-refractivity contribution in [2.24, 2.45) is 0 Å². The lowest BCUT2D eigenvalue weighted by molar-refractivity contribution is 1.01. The van der Waals surface area contributed by atoms with Gasteiger partial charge in [-0.05, 0) is 37.8 Å². The fraction of sp³-hybridized carbons (Fsp3) is 0.385. The minimum atomic E-state index is 0.111. The number of halogens is 1. The molecule has 0 aromatic heterocycles. The van der Waals surface area contributed by atoms with Crippen LogP contribution in [0, 0.1) is 0 Å². The summed E-state index contributed by atoms with van der Waals surface area (Å²) in [4.78, 5) is 0. The maximum absolute atomic E-state index is 6.49. The molecule has 0 spiro atoms. The molecule has 0 aliphatic heterocycles. The molecule has 0 nitrogen and oxygen atoms in total. The Hall–Kier alpha value is -0.750. The minimum absolute atomic E-state index is 0.111. The fourth-order valence-corrected chi connectivity index (χ4v) is 2.60. The van der Waals surface area contributed by atoms with Crippen LogP contribution in [-0.4, -0.2) is 5.38 Å². The number of hydrogen-bond acceptors (Lipinski definition) is 0. The van der Waals surface area contributed by atoms with Gasteiger partial charge in [-0.2, -0.15) is 0 Å². The number of alkyl halides is 1. The molecule has 0 heterocycles. The zero-order valence-electron chi connectivity index (χ0n) is 8.68. The van der Waals surface area contributed by atoms with Crippen LogP contribution in [0.1, 0.15) is 26.7 Å². The zero-order valence-corrected chi connectivity index (χ0v) is 9.43. The summed E-state index contributed by atoms with van der Waals surface area (Å²) in [6, 6.07) is 0. The van der Waals surface area contributed by atoms with Crippen LogP contribution in [0.4, 0.5) is 0 Å². The predicted molar refractivity (Wildman–Crippen MR) is 62.6 cm³/mol. The normalized spacial score (nSPS) is 20.9. The van der Waals surface area contributed by atoms with Crippen molar-refractivity contribution in [3.8, 4) is 0 Å².